The van der Waals surface area contributed by atoms with E-state index in [9.17, 15) is 22.8 Å². The average Bonchev–Trinajstić information content (AvgIpc) is 2.74. The van der Waals surface area contributed by atoms with Gasteiger partial charge in [0.1, 0.15) is 5.78 Å². The van der Waals surface area contributed by atoms with Crippen LogP contribution in [-0.2, 0) is 19.1 Å². The highest BCUT2D eigenvalue weighted by Crippen LogP contribution is 2.24. The minimum absolute atomic E-state index is 0.0278. The number of carbonyl (C=O) groups excluding carboxylic acids is 2. The Morgan fingerprint density at radius 3 is 1.31 bits per heavy atom. The highest BCUT2D eigenvalue weighted by atomic mass is 19.3. The van der Waals surface area contributed by atoms with Gasteiger partial charge in [-0.3, -0.25) is 9.18 Å². The molecule has 0 heterocycles. The Labute approximate surface area is 196 Å². The Hall–Kier alpha value is -1.62. The van der Waals surface area contributed by atoms with Gasteiger partial charge in [0.25, 0.3) is 0 Å². The molecule has 0 amide bonds. The van der Waals surface area contributed by atoms with Crippen LogP contribution in [0.15, 0.2) is 0 Å². The number of hydrogen-bond donors (Lipinski definition) is 0. The first kappa shape index (κ1) is 44.1. The maximum Gasteiger partial charge on any atom is 0.302 e. The van der Waals surface area contributed by atoms with E-state index < -0.39 is 6.43 Å². The lowest BCUT2D eigenvalue weighted by molar-refractivity contribution is -0.137. The van der Waals surface area contributed by atoms with Crippen molar-refractivity contribution >= 4 is 11.8 Å². The van der Waals surface area contributed by atoms with Crippen LogP contribution in [0.2, 0.25) is 0 Å². The summed E-state index contributed by atoms with van der Waals surface area (Å²) < 4.78 is 41.1. The van der Waals surface area contributed by atoms with Crippen molar-refractivity contribution in [3.05, 3.63) is 11.4 Å². The van der Waals surface area contributed by atoms with Gasteiger partial charge in [0.05, 0.1) is 13.8 Å². The lowest BCUT2D eigenvalue weighted by Gasteiger charge is -2.18. The fraction of sp³-hybridized carbons (Fsp3) is 0.875. The number of ether oxygens (including phenoxy) is 2. The van der Waals surface area contributed by atoms with Crippen LogP contribution in [0.5, 0.6) is 0 Å². The zero-order valence-corrected chi connectivity index (χ0v) is 22.2. The van der Waals surface area contributed by atoms with Crippen LogP contribution >= 0.6 is 0 Å². The second kappa shape index (κ2) is 47.2. The first-order valence-corrected chi connectivity index (χ1v) is 11.1. The van der Waals surface area contributed by atoms with Crippen molar-refractivity contribution in [2.45, 2.75) is 100 Å². The summed E-state index contributed by atoms with van der Waals surface area (Å²) in [6.45, 7) is 21.3. The van der Waals surface area contributed by atoms with E-state index >= 15 is 0 Å². The van der Waals surface area contributed by atoms with Gasteiger partial charge in [0.15, 0.2) is 0 Å². The van der Waals surface area contributed by atoms with Crippen LogP contribution in [0, 0.1) is 12.5 Å². The fourth-order valence-corrected chi connectivity index (χ4v) is 0.816. The zero-order valence-electron chi connectivity index (χ0n) is 22.2. The van der Waals surface area contributed by atoms with Gasteiger partial charge in [-0.1, -0.05) is 47.0 Å². The van der Waals surface area contributed by atoms with E-state index in [-0.39, 0.29) is 24.8 Å². The van der Waals surface area contributed by atoms with Crippen LogP contribution in [-0.4, -0.2) is 52.2 Å². The number of esters is 1. The van der Waals surface area contributed by atoms with Crippen LogP contribution in [0.3, 0.4) is 0 Å². The van der Waals surface area contributed by atoms with Crippen molar-refractivity contribution in [1.29, 1.82) is 0 Å². The van der Waals surface area contributed by atoms with Gasteiger partial charge in [-0.15, -0.1) is 0 Å². The lowest BCUT2D eigenvalue weighted by atomic mass is 9.88. The summed E-state index contributed by atoms with van der Waals surface area (Å²) in [6.07, 6.45) is 4.09. The molecule has 0 bridgehead atoms. The minimum atomic E-state index is -2.12. The van der Waals surface area contributed by atoms with E-state index in [1.165, 1.54) is 54.1 Å². The molecule has 1 saturated carbocycles. The summed E-state index contributed by atoms with van der Waals surface area (Å²) in [7, 11) is 3.06. The summed E-state index contributed by atoms with van der Waals surface area (Å²) in [5.74, 6) is 0.986. The minimum Gasteiger partial charge on any atom is -0.469 e. The molecule has 0 aromatic rings. The summed E-state index contributed by atoms with van der Waals surface area (Å²) >= 11 is 0. The molecule has 0 saturated heterocycles. The Morgan fingerprint density at radius 2 is 1.31 bits per heavy atom. The van der Waals surface area contributed by atoms with Gasteiger partial charge in [-0.05, 0) is 32.6 Å². The Bertz CT molecular complexity index is 361. The fourth-order valence-electron chi connectivity index (χ4n) is 0.816. The number of nitrogens with zero attached hydrogens (tertiary/aromatic N) is 1. The van der Waals surface area contributed by atoms with Crippen LogP contribution in [0.1, 0.15) is 93.9 Å². The van der Waals surface area contributed by atoms with E-state index in [0.717, 1.165) is 18.9 Å². The maximum absolute atomic E-state index is 10.8. The third-order valence-electron chi connectivity index (χ3n) is 2.75. The summed E-state index contributed by atoms with van der Waals surface area (Å²) in [4.78, 5) is 22.0. The molecule has 0 N–H and O–H groups in total. The molecule has 32 heavy (non-hydrogen) atoms. The number of Topliss-reactive ketones (excluding diaryl/α,β-unsaturated/α-hetero) is 1. The van der Waals surface area contributed by atoms with Crippen molar-refractivity contribution < 1.29 is 32.2 Å². The molecule has 0 aromatic carbocycles. The first-order valence-electron chi connectivity index (χ1n) is 11.1. The molecule has 0 unspecified atom stereocenters. The smallest absolute Gasteiger partial charge is 0.302 e. The molecule has 8 heteroatoms. The second-order valence-electron chi connectivity index (χ2n) is 6.60. The molecule has 0 aromatic heterocycles. The predicted molar refractivity (Wildman–Crippen MR) is 129 cm³/mol. The Balaban J connectivity index is -0.0000000618. The number of hydrogen-bond acceptors (Lipinski definition) is 4. The Morgan fingerprint density at radius 1 is 1.03 bits per heavy atom. The lowest BCUT2D eigenvalue weighted by Crippen LogP contribution is -2.04. The topological polar surface area (TPSA) is 57.0 Å². The van der Waals surface area contributed by atoms with Crippen LogP contribution in [0.25, 0.3) is 4.85 Å². The van der Waals surface area contributed by atoms with Gasteiger partial charge in [-0.2, -0.15) is 0 Å². The quantitative estimate of drug-likeness (QED) is 0.312. The van der Waals surface area contributed by atoms with Crippen molar-refractivity contribution in [1.82, 2.24) is 0 Å². The number of carbonyl (C=O) groups is 2. The summed E-state index contributed by atoms with van der Waals surface area (Å²) in [6, 6.07) is 0. The van der Waals surface area contributed by atoms with Gasteiger partial charge in [0, 0.05) is 34.0 Å². The normalized spacial score (nSPS) is 10.3. The molecule has 0 atom stereocenters. The second-order valence-corrected chi connectivity index (χ2v) is 6.60. The van der Waals surface area contributed by atoms with E-state index in [4.69, 9.17) is 11.3 Å². The number of ketones is 1. The molecule has 0 spiro atoms. The summed E-state index contributed by atoms with van der Waals surface area (Å²) in [5, 5.41) is 0. The Kier molecular flexibility index (Phi) is 65.1. The molecule has 196 valence electrons. The van der Waals surface area contributed by atoms with Crippen molar-refractivity contribution in [3.63, 3.8) is 0 Å². The van der Waals surface area contributed by atoms with Gasteiger partial charge in [0.2, 0.25) is 13.0 Å². The average molecular weight is 474 g/mol. The van der Waals surface area contributed by atoms with Gasteiger partial charge in [-0.25, -0.2) is 15.4 Å². The third kappa shape index (κ3) is 139. The van der Waals surface area contributed by atoms with Crippen molar-refractivity contribution in [2.75, 3.05) is 34.0 Å². The molecular formula is C24H50F3NO4. The highest BCUT2D eigenvalue weighted by Gasteiger charge is 2.09. The standard InChI is InChI=1S/C5H10.C4H10O.C3H6F2.C3H7F.C3H5N.C3H6O2.C3H6O/c1-5-3-2-4-5;1-3-4-5-2;1-2-3(4)5;1-2-3-4;1-3-4-2;1-3(4)5-2;1-3(2)4/h5H,2-4H2,1H3;3-4H2,1-2H3;3H,2H2,1H3;2-3H2,1H3;3H2,1H3;1-2H3;1-2H3. The third-order valence-corrected chi connectivity index (χ3v) is 2.75. The van der Waals surface area contributed by atoms with E-state index in [0.29, 0.717) is 13.0 Å². The van der Waals surface area contributed by atoms with Gasteiger partial charge < -0.3 is 19.1 Å². The molecule has 0 aliphatic heterocycles. The van der Waals surface area contributed by atoms with E-state index in [2.05, 4.69) is 23.4 Å². The number of halogens is 3. The SMILES string of the molecule is CC(C)=O.CC1CCC1.CCC(F)F.CCCF.CCCOC.COC(C)=O.[C-]#[N+]CC. The maximum atomic E-state index is 10.8. The molecular weight excluding hydrogens is 423 g/mol. The van der Waals surface area contributed by atoms with E-state index in [1.54, 1.807) is 14.0 Å². The molecule has 5 nitrogen and oxygen atoms in total. The number of rotatable bonds is 4. The van der Waals surface area contributed by atoms with Gasteiger partial charge >= 0.3 is 5.97 Å². The largest absolute Gasteiger partial charge is 0.469 e. The summed E-state index contributed by atoms with van der Waals surface area (Å²) in [5.41, 5.74) is 0. The highest BCUT2D eigenvalue weighted by molar-refractivity contribution is 5.72. The molecule has 1 aliphatic rings. The van der Waals surface area contributed by atoms with Crippen LogP contribution < -0.4 is 0 Å². The molecule has 0 radical (unpaired) electrons. The van der Waals surface area contributed by atoms with Crippen LogP contribution in [0.4, 0.5) is 13.2 Å². The molecule has 1 rings (SSSR count). The van der Waals surface area contributed by atoms with E-state index in [1.807, 2.05) is 6.92 Å². The molecule has 1 aliphatic carbocycles. The predicted octanol–water partition coefficient (Wildman–Crippen LogP) is 7.58. The first-order chi connectivity index (χ1) is 14.9. The number of methoxy groups -OCH3 is 2. The zero-order chi connectivity index (χ0) is 26.8. The number of alkyl halides is 3. The van der Waals surface area contributed by atoms with Crippen molar-refractivity contribution in [2.24, 2.45) is 5.92 Å². The molecule has 1 fully saturated rings. The monoisotopic (exact) mass is 473 g/mol. The van der Waals surface area contributed by atoms with Crippen molar-refractivity contribution in [3.8, 4) is 0 Å².